The highest BCUT2D eigenvalue weighted by Gasteiger charge is 2.38. The van der Waals surface area contributed by atoms with E-state index in [0.717, 1.165) is 9.80 Å². The van der Waals surface area contributed by atoms with Crippen LogP contribution in [0.5, 0.6) is 0 Å². The van der Waals surface area contributed by atoms with Crippen molar-refractivity contribution < 1.29 is 38.7 Å². The Bertz CT molecular complexity index is 1430. The highest BCUT2D eigenvalue weighted by Crippen LogP contribution is 2.34. The van der Waals surface area contributed by atoms with Crippen LogP contribution in [-0.2, 0) is 28.8 Å². The molecule has 0 unspecified atom stereocenters. The summed E-state index contributed by atoms with van der Waals surface area (Å²) < 4.78 is 0. The van der Waals surface area contributed by atoms with Crippen LogP contribution in [0.15, 0.2) is 36.4 Å². The number of nitrogens with one attached hydrogen (secondary N) is 3. The number of aldehydes is 1. The average Bonchev–Trinajstić information content (AvgIpc) is 3.04. The summed E-state index contributed by atoms with van der Waals surface area (Å²) in [6, 6.07) is 5.99. The average molecular weight is 620 g/mol. The van der Waals surface area contributed by atoms with E-state index in [4.69, 9.17) is 23.2 Å². The number of carbonyl (C=O) groups is 7. The van der Waals surface area contributed by atoms with Crippen LogP contribution in [0.1, 0.15) is 30.6 Å². The fourth-order valence-electron chi connectivity index (χ4n) is 4.26. The lowest BCUT2D eigenvalue weighted by Crippen LogP contribution is -2.55. The van der Waals surface area contributed by atoms with Gasteiger partial charge < -0.3 is 30.8 Å². The quantitative estimate of drug-likeness (QED) is 0.285. The van der Waals surface area contributed by atoms with Crippen molar-refractivity contribution in [3.8, 4) is 0 Å². The standard InChI is InChI=1S/C27H27Cl2N5O8/c1-14(37)7-17(12-35)31-23(39)11-34-22-6-4-3-5-21(22)33(24(40)13-36)10-20(27(34)42)32-26(41)16-8-18(28)25(19(29)9-16)30-15(2)38/h3-6,8-9,12,17,20,36H,7,10-11,13H2,1-2H3,(H,30,38)(H,31,39)(H,32,41)/t17-,20-/m0/s1. The van der Waals surface area contributed by atoms with Gasteiger partial charge in [-0.05, 0) is 31.2 Å². The third-order valence-corrected chi connectivity index (χ3v) is 6.66. The molecule has 1 aliphatic rings. The molecule has 0 saturated heterocycles. The van der Waals surface area contributed by atoms with E-state index in [1.165, 1.54) is 38.1 Å². The molecule has 1 heterocycles. The molecule has 42 heavy (non-hydrogen) atoms. The molecule has 1 aliphatic heterocycles. The highest BCUT2D eigenvalue weighted by atomic mass is 35.5. The first-order valence-corrected chi connectivity index (χ1v) is 13.2. The lowest BCUT2D eigenvalue weighted by molar-refractivity contribution is -0.127. The first-order chi connectivity index (χ1) is 19.9. The maximum Gasteiger partial charge on any atom is 0.252 e. The van der Waals surface area contributed by atoms with Crippen LogP contribution >= 0.6 is 23.2 Å². The van der Waals surface area contributed by atoms with Gasteiger partial charge in [-0.1, -0.05) is 35.3 Å². The molecule has 4 N–H and O–H groups in total. The Morgan fingerprint density at radius 3 is 2.24 bits per heavy atom. The van der Waals surface area contributed by atoms with Crippen LogP contribution in [0.4, 0.5) is 17.1 Å². The van der Waals surface area contributed by atoms with Crippen LogP contribution < -0.4 is 25.8 Å². The second-order valence-corrected chi connectivity index (χ2v) is 10.1. The predicted octanol–water partition coefficient (Wildman–Crippen LogP) is 1.09. The van der Waals surface area contributed by atoms with Crippen molar-refractivity contribution in [1.82, 2.24) is 10.6 Å². The summed E-state index contributed by atoms with van der Waals surface area (Å²) in [6.45, 7) is 0.550. The minimum absolute atomic E-state index is 0.0480. The Kier molecular flexibility index (Phi) is 10.8. The van der Waals surface area contributed by atoms with E-state index in [1.807, 2.05) is 0 Å². The molecule has 0 bridgehead atoms. The molecule has 0 radical (unpaired) electrons. The van der Waals surface area contributed by atoms with Crippen molar-refractivity contribution in [2.45, 2.75) is 32.4 Å². The van der Waals surface area contributed by atoms with Crippen molar-refractivity contribution >= 4 is 81.9 Å². The molecule has 0 aromatic heterocycles. The van der Waals surface area contributed by atoms with Gasteiger partial charge in [-0.25, -0.2) is 0 Å². The lowest BCUT2D eigenvalue weighted by atomic mass is 10.1. The molecule has 222 valence electrons. The molecule has 0 fully saturated rings. The minimum Gasteiger partial charge on any atom is -0.387 e. The number of hydrogen-bond acceptors (Lipinski definition) is 8. The van der Waals surface area contributed by atoms with Crippen molar-refractivity contribution in [2.24, 2.45) is 0 Å². The van der Waals surface area contributed by atoms with Gasteiger partial charge >= 0.3 is 0 Å². The highest BCUT2D eigenvalue weighted by molar-refractivity contribution is 6.40. The normalized spacial score (nSPS) is 15.2. The molecule has 2 aromatic rings. The minimum atomic E-state index is -1.43. The Hall–Kier alpha value is -4.33. The van der Waals surface area contributed by atoms with Crippen LogP contribution in [0.2, 0.25) is 10.0 Å². The Balaban J connectivity index is 1.98. The summed E-state index contributed by atoms with van der Waals surface area (Å²) in [6.07, 6.45) is 0.152. The smallest absolute Gasteiger partial charge is 0.252 e. The first-order valence-electron chi connectivity index (χ1n) is 12.5. The van der Waals surface area contributed by atoms with E-state index in [1.54, 1.807) is 12.1 Å². The number of hydrogen-bond donors (Lipinski definition) is 4. The van der Waals surface area contributed by atoms with Gasteiger partial charge in [0.2, 0.25) is 11.8 Å². The van der Waals surface area contributed by atoms with Gasteiger partial charge in [0, 0.05) is 18.9 Å². The number of ketones is 1. The zero-order valence-electron chi connectivity index (χ0n) is 22.5. The second kappa shape index (κ2) is 14.0. The number of amides is 5. The van der Waals surface area contributed by atoms with E-state index < -0.39 is 61.3 Å². The third kappa shape index (κ3) is 7.69. The van der Waals surface area contributed by atoms with Gasteiger partial charge in [0.25, 0.3) is 17.7 Å². The number of aliphatic hydroxyl groups excluding tert-OH is 1. The fraction of sp³-hybridized carbons (Fsp3) is 0.296. The molecule has 2 aromatic carbocycles. The van der Waals surface area contributed by atoms with E-state index in [0.29, 0.717) is 6.29 Å². The number of Topliss-reactive ketones (excluding diaryl/α,β-unsaturated/α-hetero) is 1. The summed E-state index contributed by atoms with van der Waals surface area (Å²) in [4.78, 5) is 89.1. The van der Waals surface area contributed by atoms with E-state index in [-0.39, 0.29) is 44.9 Å². The number of anilines is 3. The SMILES string of the molecule is CC(=O)C[C@@H](C=O)NC(=O)CN1C(=O)[C@@H](NC(=O)c2cc(Cl)c(NC(C)=O)c(Cl)c2)CN(C(=O)CO)c2ccccc21. The number of fused-ring (bicyclic) bond motifs is 1. The summed E-state index contributed by atoms with van der Waals surface area (Å²) in [5.41, 5.74) is 0.307. The molecule has 3 rings (SSSR count). The summed E-state index contributed by atoms with van der Waals surface area (Å²) >= 11 is 12.4. The van der Waals surface area contributed by atoms with Crippen molar-refractivity contribution in [2.75, 3.05) is 34.8 Å². The molecule has 2 atom stereocenters. The van der Waals surface area contributed by atoms with E-state index >= 15 is 0 Å². The zero-order valence-corrected chi connectivity index (χ0v) is 24.0. The largest absolute Gasteiger partial charge is 0.387 e. The molecular weight excluding hydrogens is 593 g/mol. The summed E-state index contributed by atoms with van der Waals surface area (Å²) in [5, 5.41) is 16.9. The molecule has 0 aliphatic carbocycles. The number of benzene rings is 2. The Morgan fingerprint density at radius 2 is 1.69 bits per heavy atom. The molecule has 13 nitrogen and oxygen atoms in total. The van der Waals surface area contributed by atoms with Gasteiger partial charge in [0.05, 0.1) is 39.7 Å². The maximum atomic E-state index is 13.8. The number of nitrogens with zero attached hydrogens (tertiary/aromatic N) is 2. The third-order valence-electron chi connectivity index (χ3n) is 6.06. The van der Waals surface area contributed by atoms with Gasteiger partial charge in [0.1, 0.15) is 31.3 Å². The maximum absolute atomic E-state index is 13.8. The number of para-hydroxylation sites is 2. The fourth-order valence-corrected chi connectivity index (χ4v) is 4.84. The topological polar surface area (TPSA) is 182 Å². The number of carbonyl (C=O) groups excluding carboxylic acids is 7. The van der Waals surface area contributed by atoms with Gasteiger partial charge in [-0.3, -0.25) is 33.7 Å². The predicted molar refractivity (Wildman–Crippen MR) is 154 cm³/mol. The monoisotopic (exact) mass is 619 g/mol. The van der Waals surface area contributed by atoms with Gasteiger partial charge in [-0.15, -0.1) is 0 Å². The van der Waals surface area contributed by atoms with Crippen molar-refractivity contribution in [3.63, 3.8) is 0 Å². The lowest BCUT2D eigenvalue weighted by Gasteiger charge is -2.25. The molecule has 0 spiro atoms. The van der Waals surface area contributed by atoms with Crippen LogP contribution in [-0.4, -0.2) is 78.5 Å². The van der Waals surface area contributed by atoms with Crippen LogP contribution in [0, 0.1) is 0 Å². The number of aliphatic hydroxyl groups is 1. The Morgan fingerprint density at radius 1 is 1.07 bits per heavy atom. The van der Waals surface area contributed by atoms with Crippen LogP contribution in [0.3, 0.4) is 0 Å². The molecule has 5 amide bonds. The zero-order chi connectivity index (χ0) is 31.1. The molecular formula is C27H27Cl2N5O8. The summed E-state index contributed by atoms with van der Waals surface area (Å²) in [7, 11) is 0. The molecule has 15 heteroatoms. The van der Waals surface area contributed by atoms with Crippen LogP contribution in [0.25, 0.3) is 0 Å². The van der Waals surface area contributed by atoms with E-state index in [2.05, 4.69) is 16.0 Å². The first kappa shape index (κ1) is 32.2. The number of halogens is 2. The molecule has 0 saturated carbocycles. The van der Waals surface area contributed by atoms with Gasteiger partial charge in [0.15, 0.2) is 0 Å². The summed E-state index contributed by atoms with van der Waals surface area (Å²) in [5.74, 6) is -3.96. The van der Waals surface area contributed by atoms with Crippen molar-refractivity contribution in [1.29, 1.82) is 0 Å². The van der Waals surface area contributed by atoms with Gasteiger partial charge in [-0.2, -0.15) is 0 Å². The van der Waals surface area contributed by atoms with Crippen molar-refractivity contribution in [3.05, 3.63) is 52.0 Å². The number of rotatable bonds is 10. The Labute approximate surface area is 250 Å². The van der Waals surface area contributed by atoms with E-state index in [9.17, 15) is 38.7 Å². The second-order valence-electron chi connectivity index (χ2n) is 9.31.